The van der Waals surface area contributed by atoms with Gasteiger partial charge in [0.1, 0.15) is 0 Å². The molecule has 2 rings (SSSR count). The Balaban J connectivity index is 2.16. The molecule has 21 heavy (non-hydrogen) atoms. The van der Waals surface area contributed by atoms with Crippen LogP contribution in [-0.4, -0.2) is 10.8 Å². The average Bonchev–Trinajstić information content (AvgIpc) is 2.52. The molecular weight excluding hydrogens is 258 g/mol. The molecule has 1 heterocycles. The maximum absolute atomic E-state index is 12.4. The summed E-state index contributed by atoms with van der Waals surface area (Å²) in [6.07, 6.45) is 11.4. The summed E-state index contributed by atoms with van der Waals surface area (Å²) in [6.45, 7) is 4.30. The lowest BCUT2D eigenvalue weighted by Gasteiger charge is -2.33. The number of carbonyl (C=O) groups is 1. The molecule has 0 saturated heterocycles. The highest BCUT2D eigenvalue weighted by Crippen LogP contribution is 2.29. The lowest BCUT2D eigenvalue weighted by molar-refractivity contribution is -0.131. The number of carbonyl (C=O) groups excluding carboxylic acids is 1. The highest BCUT2D eigenvalue weighted by Gasteiger charge is 2.25. The van der Waals surface area contributed by atoms with Gasteiger partial charge in [-0.2, -0.15) is 0 Å². The second-order valence-electron chi connectivity index (χ2n) is 5.56. The molecule has 1 aromatic rings. The van der Waals surface area contributed by atoms with Gasteiger partial charge in [-0.1, -0.05) is 62.2 Å². The molecule has 1 aromatic carbocycles. The van der Waals surface area contributed by atoms with Crippen LogP contribution in [0.15, 0.2) is 54.3 Å². The van der Waals surface area contributed by atoms with Crippen LogP contribution in [0.3, 0.4) is 0 Å². The molecule has 0 N–H and O–H groups in total. The second-order valence-corrected chi connectivity index (χ2v) is 5.56. The topological polar surface area (TPSA) is 20.3 Å². The van der Waals surface area contributed by atoms with Crippen LogP contribution in [0.2, 0.25) is 0 Å². The van der Waals surface area contributed by atoms with Gasteiger partial charge in [0, 0.05) is 12.1 Å². The summed E-state index contributed by atoms with van der Waals surface area (Å²) in [7, 11) is 0. The number of unbranched alkanes of at least 4 members (excludes halogenated alkanes) is 2. The van der Waals surface area contributed by atoms with E-state index in [1.165, 1.54) is 18.4 Å². The van der Waals surface area contributed by atoms with E-state index in [0.717, 1.165) is 18.5 Å². The van der Waals surface area contributed by atoms with Crippen LogP contribution in [0, 0.1) is 0 Å². The summed E-state index contributed by atoms with van der Waals surface area (Å²) < 4.78 is 0. The number of nitrogens with zero attached hydrogens (tertiary/aromatic N) is 1. The summed E-state index contributed by atoms with van der Waals surface area (Å²) in [6, 6.07) is 10.3. The van der Waals surface area contributed by atoms with Gasteiger partial charge in [-0.3, -0.25) is 4.79 Å². The molecule has 112 valence electrons. The van der Waals surface area contributed by atoms with Gasteiger partial charge in [0.05, 0.1) is 6.04 Å². The quantitative estimate of drug-likeness (QED) is 0.673. The first-order chi connectivity index (χ1) is 10.2. The van der Waals surface area contributed by atoms with Crippen LogP contribution in [0.4, 0.5) is 0 Å². The van der Waals surface area contributed by atoms with Crippen molar-refractivity contribution in [1.29, 1.82) is 0 Å². The molecule has 1 atom stereocenters. The summed E-state index contributed by atoms with van der Waals surface area (Å²) >= 11 is 0. The van der Waals surface area contributed by atoms with E-state index in [2.05, 4.69) is 44.2 Å². The molecular formula is C19H25NO. The lowest BCUT2D eigenvalue weighted by Crippen LogP contribution is -2.34. The molecule has 0 bridgehead atoms. The molecule has 2 nitrogen and oxygen atoms in total. The van der Waals surface area contributed by atoms with Crippen molar-refractivity contribution in [1.82, 2.24) is 4.90 Å². The summed E-state index contributed by atoms with van der Waals surface area (Å²) in [5.74, 6) is 0.226. The number of benzene rings is 1. The minimum atomic E-state index is 0.0843. The third kappa shape index (κ3) is 4.07. The van der Waals surface area contributed by atoms with Crippen molar-refractivity contribution in [2.45, 2.75) is 52.0 Å². The van der Waals surface area contributed by atoms with E-state index < -0.39 is 0 Å². The molecule has 2 heteroatoms. The van der Waals surface area contributed by atoms with Gasteiger partial charge < -0.3 is 4.90 Å². The van der Waals surface area contributed by atoms with Crippen molar-refractivity contribution < 1.29 is 4.79 Å². The van der Waals surface area contributed by atoms with Crippen molar-refractivity contribution >= 4 is 5.91 Å². The first-order valence-electron chi connectivity index (χ1n) is 7.97. The molecule has 0 saturated carbocycles. The largest absolute Gasteiger partial charge is 0.306 e. The maximum Gasteiger partial charge on any atom is 0.227 e. The predicted molar refractivity (Wildman–Crippen MR) is 87.7 cm³/mol. The van der Waals surface area contributed by atoms with Crippen LogP contribution >= 0.6 is 0 Å². The van der Waals surface area contributed by atoms with Crippen LogP contribution in [-0.2, 0) is 4.79 Å². The van der Waals surface area contributed by atoms with Gasteiger partial charge in [-0.15, -0.1) is 0 Å². The summed E-state index contributed by atoms with van der Waals surface area (Å²) in [5, 5.41) is 0. The second kappa shape index (κ2) is 7.82. The zero-order chi connectivity index (χ0) is 15.1. The van der Waals surface area contributed by atoms with E-state index in [0.29, 0.717) is 6.42 Å². The molecule has 0 aliphatic carbocycles. The van der Waals surface area contributed by atoms with Gasteiger partial charge in [0.25, 0.3) is 0 Å². The Kier molecular flexibility index (Phi) is 5.79. The van der Waals surface area contributed by atoms with Gasteiger partial charge in [0.15, 0.2) is 0 Å². The Morgan fingerprint density at radius 2 is 2.05 bits per heavy atom. The first kappa shape index (κ1) is 15.6. The van der Waals surface area contributed by atoms with Crippen LogP contribution < -0.4 is 0 Å². The summed E-state index contributed by atoms with van der Waals surface area (Å²) in [5.41, 5.74) is 2.24. The molecule has 0 fully saturated rings. The minimum Gasteiger partial charge on any atom is -0.306 e. The number of hydrogen-bond donors (Lipinski definition) is 0. The fourth-order valence-corrected chi connectivity index (χ4v) is 2.70. The number of amides is 1. The van der Waals surface area contributed by atoms with Crippen LogP contribution in [0.25, 0.3) is 0 Å². The average molecular weight is 283 g/mol. The van der Waals surface area contributed by atoms with Crippen molar-refractivity contribution in [2.24, 2.45) is 0 Å². The van der Waals surface area contributed by atoms with E-state index in [1.807, 2.05) is 23.1 Å². The third-order valence-corrected chi connectivity index (χ3v) is 3.94. The van der Waals surface area contributed by atoms with Gasteiger partial charge >= 0.3 is 0 Å². The molecule has 0 spiro atoms. The molecule has 0 radical (unpaired) electrons. The Morgan fingerprint density at radius 1 is 1.29 bits per heavy atom. The van der Waals surface area contributed by atoms with E-state index in [-0.39, 0.29) is 11.9 Å². The minimum absolute atomic E-state index is 0.0843. The van der Waals surface area contributed by atoms with Gasteiger partial charge in [-0.25, -0.2) is 0 Å². The van der Waals surface area contributed by atoms with E-state index >= 15 is 0 Å². The fraction of sp³-hybridized carbons (Fsp3) is 0.421. The van der Waals surface area contributed by atoms with E-state index in [1.54, 1.807) is 0 Å². The Labute approximate surface area is 128 Å². The molecule has 1 aliphatic heterocycles. The lowest BCUT2D eigenvalue weighted by atomic mass is 10.0. The van der Waals surface area contributed by atoms with Crippen LogP contribution in [0.5, 0.6) is 0 Å². The van der Waals surface area contributed by atoms with E-state index in [9.17, 15) is 4.79 Å². The fourth-order valence-electron chi connectivity index (χ4n) is 2.70. The molecule has 0 unspecified atom stereocenters. The van der Waals surface area contributed by atoms with Gasteiger partial charge in [-0.05, 0) is 31.4 Å². The van der Waals surface area contributed by atoms with Crippen molar-refractivity contribution in [3.8, 4) is 0 Å². The predicted octanol–water partition coefficient (Wildman–Crippen LogP) is 5.00. The number of allylic oxidation sites excluding steroid dienone is 3. The maximum atomic E-state index is 12.4. The third-order valence-electron chi connectivity index (χ3n) is 3.94. The first-order valence-corrected chi connectivity index (χ1v) is 7.97. The van der Waals surface area contributed by atoms with E-state index in [4.69, 9.17) is 0 Å². The van der Waals surface area contributed by atoms with Crippen molar-refractivity contribution in [3.05, 3.63) is 59.8 Å². The summed E-state index contributed by atoms with van der Waals surface area (Å²) in [4.78, 5) is 14.3. The van der Waals surface area contributed by atoms with Gasteiger partial charge in [0.2, 0.25) is 5.91 Å². The Morgan fingerprint density at radius 3 is 2.76 bits per heavy atom. The smallest absolute Gasteiger partial charge is 0.227 e. The SMILES string of the molecule is CCCC/C=C\C1=CCCC(=O)N1[C@H](C)c1ccccc1. The standard InChI is InChI=1S/C19H25NO/c1-3-4-5-9-13-18-14-10-15-19(21)20(18)16(2)17-11-7-6-8-12-17/h6-9,11-14,16H,3-5,10,15H2,1-2H3/b13-9-/t16-/m1/s1. The Bertz CT molecular complexity index is 516. The molecule has 1 amide bonds. The zero-order valence-corrected chi connectivity index (χ0v) is 13.1. The monoisotopic (exact) mass is 283 g/mol. The molecule has 0 aromatic heterocycles. The Hall–Kier alpha value is -1.83. The number of hydrogen-bond acceptors (Lipinski definition) is 1. The molecule has 1 aliphatic rings. The van der Waals surface area contributed by atoms with Crippen molar-refractivity contribution in [2.75, 3.05) is 0 Å². The number of rotatable bonds is 6. The van der Waals surface area contributed by atoms with Crippen LogP contribution in [0.1, 0.15) is 57.6 Å². The van der Waals surface area contributed by atoms with Crippen molar-refractivity contribution in [3.63, 3.8) is 0 Å². The zero-order valence-electron chi connectivity index (χ0n) is 13.1. The highest BCUT2D eigenvalue weighted by molar-refractivity contribution is 5.80. The highest BCUT2D eigenvalue weighted by atomic mass is 16.2. The normalized spacial score (nSPS) is 17.1.